The van der Waals surface area contributed by atoms with Crippen LogP contribution >= 0.6 is 0 Å². The van der Waals surface area contributed by atoms with Crippen LogP contribution in [0, 0.1) is 16.7 Å². The summed E-state index contributed by atoms with van der Waals surface area (Å²) in [6, 6.07) is 0. The maximum atomic E-state index is 11.8. The molecule has 0 aliphatic heterocycles. The minimum Gasteiger partial charge on any atom is -0.481 e. The fourth-order valence-electron chi connectivity index (χ4n) is 5.78. The van der Waals surface area contributed by atoms with Gasteiger partial charge in [-0.25, -0.2) is 0 Å². The average Bonchev–Trinajstić information content (AvgIpc) is 2.25. The smallest absolute Gasteiger partial charge is 0.309 e. The van der Waals surface area contributed by atoms with Gasteiger partial charge < -0.3 is 10.4 Å². The molecule has 4 aliphatic carbocycles. The van der Waals surface area contributed by atoms with Gasteiger partial charge in [0, 0.05) is 12.5 Å². The normalized spacial score (nSPS) is 47.2. The van der Waals surface area contributed by atoms with Crippen LogP contribution in [0.25, 0.3) is 0 Å². The second-order valence-corrected chi connectivity index (χ2v) is 7.41. The minimum absolute atomic E-state index is 0.0197. The maximum Gasteiger partial charge on any atom is 0.309 e. The second kappa shape index (κ2) is 3.74. The topological polar surface area (TPSA) is 66.4 Å². The lowest BCUT2D eigenvalue weighted by Crippen LogP contribution is -2.67. The predicted molar refractivity (Wildman–Crippen MR) is 70.5 cm³/mol. The highest BCUT2D eigenvalue weighted by atomic mass is 16.4. The molecule has 0 radical (unpaired) electrons. The Morgan fingerprint density at radius 3 is 2.53 bits per heavy atom. The van der Waals surface area contributed by atoms with Crippen LogP contribution in [-0.2, 0) is 9.59 Å². The summed E-state index contributed by atoms with van der Waals surface area (Å²) >= 11 is 0. The third-order valence-corrected chi connectivity index (χ3v) is 5.83. The molecule has 4 fully saturated rings. The van der Waals surface area contributed by atoms with Crippen LogP contribution in [0.2, 0.25) is 0 Å². The number of amides is 1. The van der Waals surface area contributed by atoms with E-state index in [0.29, 0.717) is 12.3 Å². The molecule has 0 heterocycles. The number of nitrogens with one attached hydrogen (secondary N) is 1. The van der Waals surface area contributed by atoms with Crippen LogP contribution in [0.1, 0.15) is 58.8 Å². The van der Waals surface area contributed by atoms with E-state index >= 15 is 0 Å². The van der Waals surface area contributed by atoms with E-state index < -0.39 is 11.4 Å². The van der Waals surface area contributed by atoms with E-state index in [9.17, 15) is 14.7 Å². The monoisotopic (exact) mass is 265 g/mol. The van der Waals surface area contributed by atoms with Gasteiger partial charge in [0.25, 0.3) is 0 Å². The number of carboxylic acid groups (broad SMARTS) is 1. The van der Waals surface area contributed by atoms with Crippen LogP contribution in [0.4, 0.5) is 0 Å². The van der Waals surface area contributed by atoms with Gasteiger partial charge in [0.1, 0.15) is 0 Å². The van der Waals surface area contributed by atoms with Crippen molar-refractivity contribution < 1.29 is 14.7 Å². The first-order valence-corrected chi connectivity index (χ1v) is 7.35. The summed E-state index contributed by atoms with van der Waals surface area (Å²) in [5.41, 5.74) is -0.697. The van der Waals surface area contributed by atoms with Gasteiger partial charge in [0.15, 0.2) is 0 Å². The van der Waals surface area contributed by atoms with E-state index in [4.69, 9.17) is 0 Å². The van der Waals surface area contributed by atoms with Crippen LogP contribution in [0.15, 0.2) is 0 Å². The molecule has 0 saturated heterocycles. The average molecular weight is 265 g/mol. The summed E-state index contributed by atoms with van der Waals surface area (Å²) in [5, 5.41) is 12.8. The molecule has 4 aliphatic rings. The van der Waals surface area contributed by atoms with Gasteiger partial charge in [-0.1, -0.05) is 13.3 Å². The van der Waals surface area contributed by atoms with Crippen molar-refractivity contribution >= 4 is 11.9 Å². The molecule has 0 unspecified atom stereocenters. The molecular weight excluding hydrogens is 242 g/mol. The summed E-state index contributed by atoms with van der Waals surface area (Å²) in [6.07, 6.45) is 6.38. The first kappa shape index (κ1) is 12.9. The molecular formula is C15H23NO3. The van der Waals surface area contributed by atoms with Crippen molar-refractivity contribution in [3.8, 4) is 0 Å². The lowest BCUT2D eigenvalue weighted by molar-refractivity contribution is -0.182. The van der Waals surface area contributed by atoms with E-state index in [1.807, 2.05) is 0 Å². The number of hydrogen-bond acceptors (Lipinski definition) is 2. The van der Waals surface area contributed by atoms with Gasteiger partial charge >= 0.3 is 5.97 Å². The fourth-order valence-corrected chi connectivity index (χ4v) is 5.78. The first-order valence-electron chi connectivity index (χ1n) is 7.35. The highest BCUT2D eigenvalue weighted by Gasteiger charge is 2.65. The highest BCUT2D eigenvalue weighted by Crippen LogP contribution is 2.67. The Balaban J connectivity index is 2.01. The van der Waals surface area contributed by atoms with Crippen molar-refractivity contribution in [3.05, 3.63) is 0 Å². The van der Waals surface area contributed by atoms with Crippen molar-refractivity contribution in [3.63, 3.8) is 0 Å². The van der Waals surface area contributed by atoms with Gasteiger partial charge in [-0.2, -0.15) is 0 Å². The quantitative estimate of drug-likeness (QED) is 0.823. The van der Waals surface area contributed by atoms with Gasteiger partial charge in [0.2, 0.25) is 5.91 Å². The van der Waals surface area contributed by atoms with E-state index in [-0.39, 0.29) is 16.9 Å². The molecule has 2 N–H and O–H groups in total. The molecule has 4 rings (SSSR count). The first-order chi connectivity index (χ1) is 8.83. The third-order valence-electron chi connectivity index (χ3n) is 5.83. The summed E-state index contributed by atoms with van der Waals surface area (Å²) in [6.45, 7) is 3.72. The molecule has 19 heavy (non-hydrogen) atoms. The molecule has 4 bridgehead atoms. The number of carbonyl (C=O) groups is 2. The summed E-state index contributed by atoms with van der Waals surface area (Å²) in [7, 11) is 0. The Kier molecular flexibility index (Phi) is 2.55. The molecule has 106 valence electrons. The molecule has 4 atom stereocenters. The zero-order chi connectivity index (χ0) is 13.9. The van der Waals surface area contributed by atoms with Crippen molar-refractivity contribution in [1.29, 1.82) is 0 Å². The maximum absolute atomic E-state index is 11.8. The molecule has 4 heteroatoms. The number of rotatable bonds is 3. The van der Waals surface area contributed by atoms with Crippen LogP contribution < -0.4 is 5.32 Å². The van der Waals surface area contributed by atoms with Crippen LogP contribution in [0.3, 0.4) is 0 Å². The second-order valence-electron chi connectivity index (χ2n) is 7.41. The lowest BCUT2D eigenvalue weighted by atomic mass is 9.41. The van der Waals surface area contributed by atoms with Gasteiger partial charge in [-0.3, -0.25) is 9.59 Å². The number of hydrogen-bond donors (Lipinski definition) is 2. The van der Waals surface area contributed by atoms with Crippen molar-refractivity contribution in [2.45, 2.75) is 64.3 Å². The van der Waals surface area contributed by atoms with E-state index in [2.05, 4.69) is 12.2 Å². The van der Waals surface area contributed by atoms with Crippen molar-refractivity contribution in [2.24, 2.45) is 16.7 Å². The fraction of sp³-hybridized carbons (Fsp3) is 0.867. The summed E-state index contributed by atoms with van der Waals surface area (Å²) in [4.78, 5) is 23.4. The third kappa shape index (κ3) is 1.79. The zero-order valence-electron chi connectivity index (χ0n) is 11.8. The van der Waals surface area contributed by atoms with Crippen LogP contribution in [-0.4, -0.2) is 22.5 Å². The van der Waals surface area contributed by atoms with Crippen LogP contribution in [0.5, 0.6) is 0 Å². The number of aliphatic carboxylic acids is 1. The number of carbonyl (C=O) groups excluding carboxylic acids is 1. The Hall–Kier alpha value is -1.06. The van der Waals surface area contributed by atoms with Gasteiger partial charge in [0.05, 0.1) is 5.41 Å². The SMILES string of the molecule is CC[C@]12C[C@H]3C[C@](NC(C)=O)(C1)C[C@@](C(=O)O)(C3)C2. The van der Waals surface area contributed by atoms with Gasteiger partial charge in [-0.05, 0) is 49.9 Å². The van der Waals surface area contributed by atoms with E-state index in [1.54, 1.807) is 6.92 Å². The van der Waals surface area contributed by atoms with Crippen molar-refractivity contribution in [2.75, 3.05) is 0 Å². The molecule has 4 nitrogen and oxygen atoms in total. The molecule has 0 aromatic heterocycles. The van der Waals surface area contributed by atoms with E-state index in [1.165, 1.54) is 0 Å². The van der Waals surface area contributed by atoms with Crippen molar-refractivity contribution in [1.82, 2.24) is 5.32 Å². The lowest BCUT2D eigenvalue weighted by Gasteiger charge is -2.65. The molecule has 1 amide bonds. The molecule has 0 spiro atoms. The minimum atomic E-state index is -0.649. The zero-order valence-corrected chi connectivity index (χ0v) is 11.8. The van der Waals surface area contributed by atoms with E-state index in [0.717, 1.165) is 38.5 Å². The molecule has 4 saturated carbocycles. The standard InChI is InChI=1S/C15H23NO3/c1-3-13-4-11-5-14(7-13,12(18)19)9-15(6-11,8-13)16-10(2)17/h11H,3-9H2,1-2H3,(H,16,17)(H,18,19)/t11-,13-,14-,15+/m1/s1. The Morgan fingerprint density at radius 2 is 1.95 bits per heavy atom. The largest absolute Gasteiger partial charge is 0.481 e. The van der Waals surface area contributed by atoms with Gasteiger partial charge in [-0.15, -0.1) is 0 Å². The Bertz CT molecular complexity index is 449. The molecule has 0 aromatic rings. The summed E-state index contributed by atoms with van der Waals surface area (Å²) < 4.78 is 0. The predicted octanol–water partition coefficient (Wildman–Crippen LogP) is 2.33. The number of carboxylic acids is 1. The Labute approximate surface area is 113 Å². The highest BCUT2D eigenvalue weighted by molar-refractivity contribution is 5.77. The Morgan fingerprint density at radius 1 is 1.21 bits per heavy atom. The summed E-state index contributed by atoms with van der Waals surface area (Å²) in [5.74, 6) is -0.197. The molecule has 0 aromatic carbocycles.